The number of rotatable bonds is 1. The molecule has 1 aromatic rings. The molecule has 0 unspecified atom stereocenters. The van der Waals surface area contributed by atoms with Crippen LogP contribution in [0.1, 0.15) is 12.5 Å². The van der Waals surface area contributed by atoms with Crippen LogP contribution in [0.4, 0.5) is 0 Å². The molecule has 0 heterocycles. The Morgan fingerprint density at radius 1 is 1.20 bits per heavy atom. The summed E-state index contributed by atoms with van der Waals surface area (Å²) in [6.07, 6.45) is 4.08. The zero-order chi connectivity index (χ0) is 7.40. The number of benzene rings is 1. The first-order chi connectivity index (χ1) is 4.83. The third kappa shape index (κ3) is 1.92. The first kappa shape index (κ1) is 7.42. The average molecular weight is 150 g/mol. The number of thiol groups is 1. The molecule has 0 aliphatic carbocycles. The molecule has 0 aliphatic rings. The summed E-state index contributed by atoms with van der Waals surface area (Å²) >= 11 is 4.18. The lowest BCUT2D eigenvalue weighted by Gasteiger charge is -1.91. The van der Waals surface area contributed by atoms with Crippen molar-refractivity contribution in [3.05, 3.63) is 35.9 Å². The van der Waals surface area contributed by atoms with E-state index in [4.69, 9.17) is 0 Å². The van der Waals surface area contributed by atoms with Crippen molar-refractivity contribution < 1.29 is 0 Å². The molecule has 0 bridgehead atoms. The van der Waals surface area contributed by atoms with Gasteiger partial charge in [-0.3, -0.25) is 0 Å². The molecule has 52 valence electrons. The van der Waals surface area contributed by atoms with Crippen molar-refractivity contribution in [2.45, 2.75) is 11.8 Å². The highest BCUT2D eigenvalue weighted by Gasteiger charge is 1.83. The van der Waals surface area contributed by atoms with Gasteiger partial charge in [-0.2, -0.15) is 0 Å². The molecular formula is C9H10S. The van der Waals surface area contributed by atoms with Crippen molar-refractivity contribution in [1.82, 2.24) is 0 Å². The fourth-order valence-corrected chi connectivity index (χ4v) is 0.927. The van der Waals surface area contributed by atoms with Crippen LogP contribution in [0.25, 0.3) is 6.08 Å². The maximum Gasteiger partial charge on any atom is 0.00403 e. The third-order valence-electron chi connectivity index (χ3n) is 1.25. The summed E-state index contributed by atoms with van der Waals surface area (Å²) in [5, 5.41) is 0. The van der Waals surface area contributed by atoms with Gasteiger partial charge in [0.1, 0.15) is 0 Å². The van der Waals surface area contributed by atoms with Crippen molar-refractivity contribution in [1.29, 1.82) is 0 Å². The van der Waals surface area contributed by atoms with Crippen molar-refractivity contribution in [2.24, 2.45) is 0 Å². The second-order valence-electron chi connectivity index (χ2n) is 2.09. The Labute approximate surface area is 67.0 Å². The number of hydrogen-bond acceptors (Lipinski definition) is 1. The van der Waals surface area contributed by atoms with E-state index in [2.05, 4.69) is 18.7 Å². The smallest absolute Gasteiger partial charge is 0.00403 e. The summed E-state index contributed by atoms with van der Waals surface area (Å²) < 4.78 is 0. The maximum atomic E-state index is 4.18. The Kier molecular flexibility index (Phi) is 2.57. The minimum atomic E-state index is 1.01. The standard InChI is InChI=1S/C9H10S/c1-2-3-8-4-6-9(10)7-5-8/h2-7,10H,1H3/b3-2+. The molecule has 1 aromatic carbocycles. The molecule has 0 atom stereocenters. The fraction of sp³-hybridized carbons (Fsp3) is 0.111. The van der Waals surface area contributed by atoms with E-state index >= 15 is 0 Å². The van der Waals surface area contributed by atoms with E-state index in [1.165, 1.54) is 5.56 Å². The van der Waals surface area contributed by atoms with Gasteiger partial charge in [0, 0.05) is 4.90 Å². The summed E-state index contributed by atoms with van der Waals surface area (Å²) in [7, 11) is 0. The zero-order valence-corrected chi connectivity index (χ0v) is 6.81. The highest BCUT2D eigenvalue weighted by Crippen LogP contribution is 2.08. The first-order valence-corrected chi connectivity index (χ1v) is 3.69. The zero-order valence-electron chi connectivity index (χ0n) is 5.91. The van der Waals surface area contributed by atoms with E-state index in [1.807, 2.05) is 37.3 Å². The van der Waals surface area contributed by atoms with Gasteiger partial charge >= 0.3 is 0 Å². The summed E-state index contributed by atoms with van der Waals surface area (Å²) in [4.78, 5) is 1.01. The predicted octanol–water partition coefficient (Wildman–Crippen LogP) is 3.01. The van der Waals surface area contributed by atoms with Gasteiger partial charge < -0.3 is 0 Å². The monoisotopic (exact) mass is 150 g/mol. The van der Waals surface area contributed by atoms with Crippen LogP contribution in [0.5, 0.6) is 0 Å². The average Bonchev–Trinajstić information content (AvgIpc) is 1.95. The van der Waals surface area contributed by atoms with E-state index in [-0.39, 0.29) is 0 Å². The molecule has 0 fully saturated rings. The minimum Gasteiger partial charge on any atom is -0.143 e. The quantitative estimate of drug-likeness (QED) is 0.584. The Hall–Kier alpha value is -0.690. The van der Waals surface area contributed by atoms with Crippen LogP contribution < -0.4 is 0 Å². The van der Waals surface area contributed by atoms with E-state index in [1.54, 1.807) is 0 Å². The summed E-state index contributed by atoms with van der Waals surface area (Å²) in [6.45, 7) is 2.01. The van der Waals surface area contributed by atoms with Crippen molar-refractivity contribution in [2.75, 3.05) is 0 Å². The Balaban J connectivity index is 2.89. The van der Waals surface area contributed by atoms with Crippen LogP contribution in [0, 0.1) is 0 Å². The van der Waals surface area contributed by atoms with Gasteiger partial charge in [-0.1, -0.05) is 24.3 Å². The highest BCUT2D eigenvalue weighted by atomic mass is 32.1. The largest absolute Gasteiger partial charge is 0.143 e. The molecule has 0 spiro atoms. The molecule has 0 nitrogen and oxygen atoms in total. The van der Waals surface area contributed by atoms with Gasteiger partial charge in [0.2, 0.25) is 0 Å². The number of hydrogen-bond donors (Lipinski definition) is 1. The normalized spacial score (nSPS) is 10.6. The second-order valence-corrected chi connectivity index (χ2v) is 2.61. The van der Waals surface area contributed by atoms with Gasteiger partial charge in [-0.15, -0.1) is 12.6 Å². The predicted molar refractivity (Wildman–Crippen MR) is 48.4 cm³/mol. The Morgan fingerprint density at radius 3 is 2.30 bits per heavy atom. The fourth-order valence-electron chi connectivity index (χ4n) is 0.778. The molecule has 0 saturated carbocycles. The number of allylic oxidation sites excluding steroid dienone is 1. The van der Waals surface area contributed by atoms with Gasteiger partial charge in [0.15, 0.2) is 0 Å². The molecule has 0 amide bonds. The molecule has 0 saturated heterocycles. The second kappa shape index (κ2) is 3.47. The third-order valence-corrected chi connectivity index (χ3v) is 1.55. The molecule has 1 rings (SSSR count). The molecular weight excluding hydrogens is 140 g/mol. The summed E-state index contributed by atoms with van der Waals surface area (Å²) in [5.41, 5.74) is 1.22. The van der Waals surface area contributed by atoms with Crippen molar-refractivity contribution in [3.8, 4) is 0 Å². The van der Waals surface area contributed by atoms with Gasteiger partial charge in [-0.25, -0.2) is 0 Å². The molecule has 0 aromatic heterocycles. The van der Waals surface area contributed by atoms with Crippen LogP contribution in [-0.2, 0) is 0 Å². The molecule has 1 heteroatoms. The van der Waals surface area contributed by atoms with Gasteiger partial charge in [-0.05, 0) is 24.6 Å². The lowest BCUT2D eigenvalue weighted by Crippen LogP contribution is -1.69. The highest BCUT2D eigenvalue weighted by molar-refractivity contribution is 7.80. The van der Waals surface area contributed by atoms with Crippen LogP contribution >= 0.6 is 12.6 Å². The molecule has 0 N–H and O–H groups in total. The Morgan fingerprint density at radius 2 is 1.80 bits per heavy atom. The van der Waals surface area contributed by atoms with E-state index < -0.39 is 0 Å². The van der Waals surface area contributed by atoms with Crippen molar-refractivity contribution >= 4 is 18.7 Å². The lowest BCUT2D eigenvalue weighted by molar-refractivity contribution is 1.46. The van der Waals surface area contributed by atoms with Crippen LogP contribution in [0.15, 0.2) is 35.2 Å². The molecule has 0 radical (unpaired) electrons. The lowest BCUT2D eigenvalue weighted by atomic mass is 10.2. The van der Waals surface area contributed by atoms with Crippen LogP contribution in [0.2, 0.25) is 0 Å². The van der Waals surface area contributed by atoms with Crippen LogP contribution in [0.3, 0.4) is 0 Å². The van der Waals surface area contributed by atoms with Crippen LogP contribution in [-0.4, -0.2) is 0 Å². The van der Waals surface area contributed by atoms with Gasteiger partial charge in [0.25, 0.3) is 0 Å². The minimum absolute atomic E-state index is 1.01. The first-order valence-electron chi connectivity index (χ1n) is 3.24. The van der Waals surface area contributed by atoms with E-state index in [0.717, 1.165) is 4.90 Å². The Bertz CT molecular complexity index is 221. The summed E-state index contributed by atoms with van der Waals surface area (Å²) in [5.74, 6) is 0. The maximum absolute atomic E-state index is 4.18. The topological polar surface area (TPSA) is 0 Å². The molecule has 0 aliphatic heterocycles. The van der Waals surface area contributed by atoms with Crippen molar-refractivity contribution in [3.63, 3.8) is 0 Å². The van der Waals surface area contributed by atoms with Gasteiger partial charge in [0.05, 0.1) is 0 Å². The van der Waals surface area contributed by atoms with E-state index in [0.29, 0.717) is 0 Å². The molecule has 10 heavy (non-hydrogen) atoms. The van der Waals surface area contributed by atoms with E-state index in [9.17, 15) is 0 Å². The SMILES string of the molecule is C/C=C/c1ccc(S)cc1. The summed E-state index contributed by atoms with van der Waals surface area (Å²) in [6, 6.07) is 8.06.